The van der Waals surface area contributed by atoms with Gasteiger partial charge in [0, 0.05) is 31.7 Å². The molecule has 4 aromatic carbocycles. The maximum absolute atomic E-state index is 13.4. The Morgan fingerprint density at radius 1 is 0.712 bits per heavy atom. The largest absolute Gasteiger partial charge is 0.501 e. The second-order valence-electron chi connectivity index (χ2n) is 15.4. The molecule has 0 spiro atoms. The average Bonchev–Trinajstić information content (AvgIpc) is 3.47. The first-order chi connectivity index (χ1) is 24.4. The van der Waals surface area contributed by atoms with Crippen molar-refractivity contribution in [2.75, 3.05) is 0 Å². The molecule has 0 fully saturated rings. The summed E-state index contributed by atoms with van der Waals surface area (Å²) in [6.45, 7) is 11.1. The molecule has 0 aliphatic carbocycles. The molecule has 0 N–H and O–H groups in total. The molecule has 3 heterocycles. The molecule has 0 aliphatic heterocycles. The maximum atomic E-state index is 13.4. The molecule has 7 aromatic rings. The van der Waals surface area contributed by atoms with E-state index in [1.807, 2.05) is 24.5 Å². The van der Waals surface area contributed by atoms with Crippen molar-refractivity contribution in [2.45, 2.75) is 64.7 Å². The second kappa shape index (κ2) is 16.8. The zero-order valence-corrected chi connectivity index (χ0v) is 35.9. The zero-order chi connectivity index (χ0) is 36.3. The molecule has 269 valence electrons. The minimum Gasteiger partial charge on any atom is -0.501 e. The van der Waals surface area contributed by atoms with Crippen LogP contribution in [0, 0.1) is 36.7 Å². The fourth-order valence-electron chi connectivity index (χ4n) is 6.62. The van der Waals surface area contributed by atoms with E-state index in [4.69, 9.17) is 9.40 Å². The number of aromatic nitrogens is 2. The van der Waals surface area contributed by atoms with Gasteiger partial charge in [0.1, 0.15) is 5.58 Å². The van der Waals surface area contributed by atoms with E-state index in [0.29, 0.717) is 11.8 Å². The third-order valence-corrected chi connectivity index (χ3v) is 13.4. The standard InChI is InChI=1S/C28H24NO.C18H23FGeN.Ir/c1-18(2)14-22-15-26(29-17-19(22)3)25-11-7-10-24-23-13-12-21(16-27(23)30-28(24)25)20-8-5-4-6-9-20;1-13(2)9-15-11-18(14-7-6-8-16(19)10-14)21-12-17(15)20(3,4)5;/h4-10,12-13,15-18H,14H2,1-3H3;6,8,10-13H,9H2,1-5H3;/q2*-1;. The summed E-state index contributed by atoms with van der Waals surface area (Å²) >= 11 is -1.95. The van der Waals surface area contributed by atoms with Crippen LogP contribution < -0.4 is 4.40 Å². The van der Waals surface area contributed by atoms with E-state index in [9.17, 15) is 4.39 Å². The molecule has 0 amide bonds. The molecule has 52 heavy (non-hydrogen) atoms. The van der Waals surface area contributed by atoms with Gasteiger partial charge in [-0.15, -0.1) is 18.2 Å². The third kappa shape index (κ3) is 9.17. The molecule has 0 saturated carbocycles. The number of pyridine rings is 2. The summed E-state index contributed by atoms with van der Waals surface area (Å²) in [6.07, 6.45) is 6.07. The van der Waals surface area contributed by atoms with Crippen LogP contribution in [0.5, 0.6) is 0 Å². The van der Waals surface area contributed by atoms with Crippen LogP contribution in [0.25, 0.3) is 55.6 Å². The van der Waals surface area contributed by atoms with Crippen LogP contribution in [0.4, 0.5) is 4.39 Å². The van der Waals surface area contributed by atoms with Crippen molar-refractivity contribution in [2.24, 2.45) is 11.8 Å². The molecule has 0 aliphatic rings. The minimum absolute atomic E-state index is 0. The SMILES string of the molecule is CC(C)Cc1cc(-c2[c-]ccc(F)c2)nc[c]1[Ge]([CH3])([CH3])[CH3].Cc1cnc(-c2[c-]ccc3c2oc2cc(-c4ccccc4)ccc23)cc1CC(C)C.[Ir]. The summed E-state index contributed by atoms with van der Waals surface area (Å²) in [4.78, 5) is 9.28. The maximum Gasteiger partial charge on any atom is 0.121 e. The number of hydrogen-bond acceptors (Lipinski definition) is 3. The Bertz CT molecular complexity index is 2290. The topological polar surface area (TPSA) is 38.9 Å². The average molecular weight is 928 g/mol. The summed E-state index contributed by atoms with van der Waals surface area (Å²) in [5.74, 6) is 8.11. The Hall–Kier alpha value is -3.90. The molecule has 1 radical (unpaired) electrons. The number of hydrogen-bond donors (Lipinski definition) is 0. The molecule has 3 aromatic heterocycles. The molecular weight excluding hydrogens is 880 g/mol. The van der Waals surface area contributed by atoms with Gasteiger partial charge in [0.15, 0.2) is 0 Å². The summed E-state index contributed by atoms with van der Waals surface area (Å²) in [5, 5.41) is 2.22. The van der Waals surface area contributed by atoms with Crippen molar-refractivity contribution in [1.82, 2.24) is 9.97 Å². The van der Waals surface area contributed by atoms with E-state index in [0.717, 1.165) is 62.9 Å². The van der Waals surface area contributed by atoms with E-state index >= 15 is 0 Å². The zero-order valence-electron chi connectivity index (χ0n) is 31.4. The molecule has 7 rings (SSSR count). The van der Waals surface area contributed by atoms with Gasteiger partial charge in [-0.25, -0.2) is 0 Å². The Balaban J connectivity index is 0.000000210. The van der Waals surface area contributed by atoms with Crippen molar-refractivity contribution >= 4 is 39.6 Å². The number of rotatable bonds is 8. The van der Waals surface area contributed by atoms with Crippen molar-refractivity contribution in [3.8, 4) is 33.6 Å². The molecule has 0 saturated heterocycles. The van der Waals surface area contributed by atoms with Gasteiger partial charge in [0.25, 0.3) is 0 Å². The van der Waals surface area contributed by atoms with Crippen molar-refractivity contribution in [3.05, 3.63) is 138 Å². The minimum atomic E-state index is -1.95. The van der Waals surface area contributed by atoms with E-state index < -0.39 is 13.3 Å². The molecule has 3 nitrogen and oxygen atoms in total. The number of furan rings is 1. The number of nitrogens with zero attached hydrogens (tertiary/aromatic N) is 2. The number of benzene rings is 4. The van der Waals surface area contributed by atoms with Crippen molar-refractivity contribution < 1.29 is 28.9 Å². The van der Waals surface area contributed by atoms with Crippen molar-refractivity contribution in [1.29, 1.82) is 0 Å². The Labute approximate surface area is 324 Å². The van der Waals surface area contributed by atoms with E-state index in [1.165, 1.54) is 38.8 Å². The number of aryl methyl sites for hydroxylation is 1. The van der Waals surface area contributed by atoms with Gasteiger partial charge in [0.2, 0.25) is 0 Å². The fourth-order valence-corrected chi connectivity index (χ4v) is 9.95. The van der Waals surface area contributed by atoms with Crippen LogP contribution in [0.1, 0.15) is 44.4 Å². The summed E-state index contributed by atoms with van der Waals surface area (Å²) in [6, 6.07) is 36.2. The molecule has 0 bridgehead atoms. The summed E-state index contributed by atoms with van der Waals surface area (Å²) < 4.78 is 21.2. The Morgan fingerprint density at radius 3 is 2.08 bits per heavy atom. The predicted molar refractivity (Wildman–Crippen MR) is 214 cm³/mol. The van der Waals surface area contributed by atoms with Crippen molar-refractivity contribution in [3.63, 3.8) is 0 Å². The predicted octanol–water partition coefficient (Wildman–Crippen LogP) is 12.1. The first-order valence-corrected chi connectivity index (χ1v) is 25.3. The van der Waals surface area contributed by atoms with Crippen LogP contribution in [0.3, 0.4) is 0 Å². The molecule has 6 heteroatoms. The Morgan fingerprint density at radius 2 is 1.38 bits per heavy atom. The van der Waals surface area contributed by atoms with E-state index in [-0.39, 0.29) is 25.9 Å². The van der Waals surface area contributed by atoms with Crippen LogP contribution >= 0.6 is 0 Å². The van der Waals surface area contributed by atoms with E-state index in [2.05, 4.69) is 130 Å². The van der Waals surface area contributed by atoms with Gasteiger partial charge in [-0.2, -0.15) is 0 Å². The third-order valence-electron chi connectivity index (χ3n) is 9.10. The van der Waals surface area contributed by atoms with Gasteiger partial charge >= 0.3 is 130 Å². The first-order valence-electron chi connectivity index (χ1n) is 17.9. The Kier molecular flexibility index (Phi) is 12.7. The smallest absolute Gasteiger partial charge is 0.121 e. The quantitative estimate of drug-likeness (QED) is 0.113. The fraction of sp³-hybridized carbons (Fsp3) is 0.261. The van der Waals surface area contributed by atoms with Crippen LogP contribution in [0.2, 0.25) is 17.3 Å². The normalized spacial score (nSPS) is 11.5. The van der Waals surface area contributed by atoms with E-state index in [1.54, 1.807) is 6.07 Å². The number of halogens is 1. The van der Waals surface area contributed by atoms with Gasteiger partial charge in [-0.1, -0.05) is 78.9 Å². The van der Waals surface area contributed by atoms with Gasteiger partial charge in [0.05, 0.1) is 5.58 Å². The molecular formula is C46H47FGeIrN2O-2. The van der Waals surface area contributed by atoms with Gasteiger partial charge in [-0.3, -0.25) is 0 Å². The molecule has 0 unspecified atom stereocenters. The monoisotopic (exact) mass is 929 g/mol. The van der Waals surface area contributed by atoms with Crippen LogP contribution in [-0.2, 0) is 32.9 Å². The van der Waals surface area contributed by atoms with Gasteiger partial charge < -0.3 is 9.40 Å². The van der Waals surface area contributed by atoms with Crippen LogP contribution in [0.15, 0.2) is 108 Å². The van der Waals surface area contributed by atoms with Crippen LogP contribution in [-0.4, -0.2) is 23.2 Å². The summed E-state index contributed by atoms with van der Waals surface area (Å²) in [5.41, 5.74) is 11.4. The second-order valence-corrected chi connectivity index (χ2v) is 25.9. The van der Waals surface area contributed by atoms with Gasteiger partial charge in [-0.05, 0) is 47.7 Å². The number of fused-ring (bicyclic) bond motifs is 3. The summed E-state index contributed by atoms with van der Waals surface area (Å²) in [7, 11) is 0. The first kappa shape index (κ1) is 39.3. The molecule has 0 atom stereocenters.